The summed E-state index contributed by atoms with van der Waals surface area (Å²) >= 11 is 6.05. The van der Waals surface area contributed by atoms with Gasteiger partial charge in [-0.05, 0) is 49.1 Å². The van der Waals surface area contributed by atoms with Crippen molar-refractivity contribution >= 4 is 17.3 Å². The van der Waals surface area contributed by atoms with Gasteiger partial charge in [-0.15, -0.1) is 0 Å². The van der Waals surface area contributed by atoms with Gasteiger partial charge in [-0.2, -0.15) is 0 Å². The molecule has 0 aliphatic heterocycles. The van der Waals surface area contributed by atoms with Gasteiger partial charge in [-0.25, -0.2) is 0 Å². The van der Waals surface area contributed by atoms with E-state index in [4.69, 9.17) is 11.6 Å². The smallest absolute Gasteiger partial charge is 0.0485 e. The molecule has 2 aromatic rings. The summed E-state index contributed by atoms with van der Waals surface area (Å²) < 4.78 is 0. The van der Waals surface area contributed by atoms with Gasteiger partial charge in [-0.3, -0.25) is 0 Å². The number of benzene rings is 2. The van der Waals surface area contributed by atoms with E-state index in [1.54, 1.807) is 0 Å². The highest BCUT2D eigenvalue weighted by molar-refractivity contribution is 6.30. The van der Waals surface area contributed by atoms with Crippen LogP contribution >= 0.6 is 11.6 Å². The van der Waals surface area contributed by atoms with Crippen LogP contribution in [0.1, 0.15) is 36.6 Å². The summed E-state index contributed by atoms with van der Waals surface area (Å²) in [7, 11) is 0. The van der Waals surface area contributed by atoms with Crippen LogP contribution < -0.4 is 5.32 Å². The van der Waals surface area contributed by atoms with Gasteiger partial charge in [0.25, 0.3) is 0 Å². The zero-order valence-electron chi connectivity index (χ0n) is 11.7. The summed E-state index contributed by atoms with van der Waals surface area (Å²) in [6.07, 6.45) is 1.08. The van der Waals surface area contributed by atoms with E-state index in [0.29, 0.717) is 0 Å². The molecule has 0 saturated carbocycles. The number of anilines is 1. The van der Waals surface area contributed by atoms with Crippen LogP contribution in [-0.2, 0) is 6.42 Å². The average Bonchev–Trinajstić information content (AvgIpc) is 2.43. The Morgan fingerprint density at radius 1 is 1.11 bits per heavy atom. The maximum atomic E-state index is 6.05. The molecule has 0 aliphatic carbocycles. The summed E-state index contributed by atoms with van der Waals surface area (Å²) in [6.45, 7) is 6.43. The van der Waals surface area contributed by atoms with Crippen molar-refractivity contribution < 1.29 is 0 Å². The number of rotatable bonds is 4. The van der Waals surface area contributed by atoms with Crippen LogP contribution in [0.25, 0.3) is 0 Å². The monoisotopic (exact) mass is 273 g/mol. The molecular formula is C17H20ClN. The third-order valence-electron chi connectivity index (χ3n) is 3.46. The van der Waals surface area contributed by atoms with Crippen molar-refractivity contribution in [1.29, 1.82) is 0 Å². The van der Waals surface area contributed by atoms with E-state index >= 15 is 0 Å². The lowest BCUT2D eigenvalue weighted by Crippen LogP contribution is -2.07. The van der Waals surface area contributed by atoms with Crippen molar-refractivity contribution in [3.8, 4) is 0 Å². The van der Waals surface area contributed by atoms with Crippen molar-refractivity contribution in [2.45, 2.75) is 33.2 Å². The molecule has 0 bridgehead atoms. The highest BCUT2D eigenvalue weighted by Crippen LogP contribution is 2.25. The van der Waals surface area contributed by atoms with Crippen LogP contribution in [0.2, 0.25) is 5.02 Å². The molecule has 0 aliphatic rings. The molecule has 0 radical (unpaired) electrons. The Kier molecular flexibility index (Phi) is 4.49. The molecule has 100 valence electrons. The van der Waals surface area contributed by atoms with Gasteiger partial charge >= 0.3 is 0 Å². The van der Waals surface area contributed by atoms with Crippen LogP contribution in [0.3, 0.4) is 0 Å². The maximum Gasteiger partial charge on any atom is 0.0485 e. The van der Waals surface area contributed by atoms with Gasteiger partial charge < -0.3 is 5.32 Å². The van der Waals surface area contributed by atoms with Crippen LogP contribution in [-0.4, -0.2) is 0 Å². The van der Waals surface area contributed by atoms with E-state index < -0.39 is 0 Å². The fourth-order valence-electron chi connectivity index (χ4n) is 2.11. The first kappa shape index (κ1) is 14.0. The Balaban J connectivity index is 2.15. The Morgan fingerprint density at radius 2 is 1.79 bits per heavy atom. The molecule has 1 N–H and O–H groups in total. The lowest BCUT2D eigenvalue weighted by Gasteiger charge is -2.18. The number of hydrogen-bond donors (Lipinski definition) is 1. The third kappa shape index (κ3) is 3.51. The Hall–Kier alpha value is -1.47. The van der Waals surface area contributed by atoms with Gasteiger partial charge in [-0.1, -0.05) is 48.9 Å². The van der Waals surface area contributed by atoms with E-state index in [-0.39, 0.29) is 6.04 Å². The van der Waals surface area contributed by atoms with E-state index in [2.05, 4.69) is 50.4 Å². The van der Waals surface area contributed by atoms with Crippen LogP contribution in [0.4, 0.5) is 5.69 Å². The first-order valence-corrected chi connectivity index (χ1v) is 7.09. The van der Waals surface area contributed by atoms with Crippen LogP contribution in [0.15, 0.2) is 42.5 Å². The quantitative estimate of drug-likeness (QED) is 0.788. The SMILES string of the molecule is CCc1ccc(C(C)Nc2cc(Cl)ccc2C)cc1. The second-order valence-electron chi connectivity index (χ2n) is 4.92. The molecule has 0 fully saturated rings. The number of nitrogens with one attached hydrogen (secondary N) is 1. The predicted molar refractivity (Wildman–Crippen MR) is 84.0 cm³/mol. The standard InChI is InChI=1S/C17H20ClN/c1-4-14-6-8-15(9-7-14)13(3)19-17-11-16(18)10-5-12(17)2/h5-11,13,19H,4H2,1-3H3. The van der Waals surface area contributed by atoms with Crippen molar-refractivity contribution in [1.82, 2.24) is 0 Å². The second kappa shape index (κ2) is 6.12. The van der Waals surface area contributed by atoms with Gasteiger partial charge in [0.2, 0.25) is 0 Å². The molecule has 0 heterocycles. The maximum absolute atomic E-state index is 6.05. The molecule has 1 atom stereocenters. The summed E-state index contributed by atoms with van der Waals surface area (Å²) in [5.41, 5.74) is 4.97. The molecule has 19 heavy (non-hydrogen) atoms. The zero-order valence-corrected chi connectivity index (χ0v) is 12.5. The lowest BCUT2D eigenvalue weighted by atomic mass is 10.0. The highest BCUT2D eigenvalue weighted by Gasteiger charge is 2.07. The van der Waals surface area contributed by atoms with Gasteiger partial charge in [0.15, 0.2) is 0 Å². The summed E-state index contributed by atoms with van der Waals surface area (Å²) in [4.78, 5) is 0. The van der Waals surface area contributed by atoms with E-state index in [9.17, 15) is 0 Å². The number of halogens is 1. The molecule has 1 nitrogen and oxygen atoms in total. The molecular weight excluding hydrogens is 254 g/mol. The average molecular weight is 274 g/mol. The molecule has 0 amide bonds. The van der Waals surface area contributed by atoms with E-state index in [0.717, 1.165) is 17.1 Å². The fraction of sp³-hybridized carbons (Fsp3) is 0.294. The summed E-state index contributed by atoms with van der Waals surface area (Å²) in [5.74, 6) is 0. The molecule has 2 heteroatoms. The minimum absolute atomic E-state index is 0.267. The minimum Gasteiger partial charge on any atom is -0.378 e. The van der Waals surface area contributed by atoms with Gasteiger partial charge in [0.1, 0.15) is 0 Å². The molecule has 2 rings (SSSR count). The number of aryl methyl sites for hydroxylation is 2. The summed E-state index contributed by atoms with van der Waals surface area (Å²) in [6, 6.07) is 15.0. The van der Waals surface area contributed by atoms with Gasteiger partial charge in [0, 0.05) is 16.8 Å². The van der Waals surface area contributed by atoms with Crippen LogP contribution in [0.5, 0.6) is 0 Å². The molecule has 0 aromatic heterocycles. The Morgan fingerprint density at radius 3 is 2.42 bits per heavy atom. The first-order chi connectivity index (χ1) is 9.10. The first-order valence-electron chi connectivity index (χ1n) is 6.71. The third-order valence-corrected chi connectivity index (χ3v) is 3.69. The molecule has 1 unspecified atom stereocenters. The van der Waals surface area contributed by atoms with Crippen molar-refractivity contribution in [3.05, 3.63) is 64.2 Å². The summed E-state index contributed by atoms with van der Waals surface area (Å²) in [5, 5.41) is 4.29. The Bertz CT molecular complexity index is 546. The van der Waals surface area contributed by atoms with Crippen LogP contribution in [0, 0.1) is 6.92 Å². The second-order valence-corrected chi connectivity index (χ2v) is 5.36. The minimum atomic E-state index is 0.267. The highest BCUT2D eigenvalue weighted by atomic mass is 35.5. The van der Waals surface area contributed by atoms with Crippen molar-refractivity contribution in [3.63, 3.8) is 0 Å². The van der Waals surface area contributed by atoms with E-state index in [1.165, 1.54) is 16.7 Å². The zero-order chi connectivity index (χ0) is 13.8. The number of hydrogen-bond acceptors (Lipinski definition) is 1. The molecule has 0 saturated heterocycles. The lowest BCUT2D eigenvalue weighted by molar-refractivity contribution is 0.880. The molecule has 2 aromatic carbocycles. The molecule has 0 spiro atoms. The Labute approximate surface area is 120 Å². The van der Waals surface area contributed by atoms with Crippen molar-refractivity contribution in [2.75, 3.05) is 5.32 Å². The van der Waals surface area contributed by atoms with E-state index in [1.807, 2.05) is 18.2 Å². The van der Waals surface area contributed by atoms with Crippen molar-refractivity contribution in [2.24, 2.45) is 0 Å². The van der Waals surface area contributed by atoms with Gasteiger partial charge in [0.05, 0.1) is 0 Å². The normalized spacial score (nSPS) is 12.2. The largest absolute Gasteiger partial charge is 0.378 e. The topological polar surface area (TPSA) is 12.0 Å². The predicted octanol–water partition coefficient (Wildman–Crippen LogP) is 5.38. The fourth-order valence-corrected chi connectivity index (χ4v) is 2.28.